The van der Waals surface area contributed by atoms with Crippen molar-refractivity contribution in [3.8, 4) is 0 Å². The van der Waals surface area contributed by atoms with Crippen LogP contribution in [0.5, 0.6) is 0 Å². The highest BCUT2D eigenvalue weighted by Crippen LogP contribution is 2.71. The maximum atomic E-state index is 11.0. The molecule has 0 atom stereocenters. The van der Waals surface area contributed by atoms with Crippen LogP contribution < -0.4 is 0 Å². The van der Waals surface area contributed by atoms with E-state index in [1.807, 2.05) is 10.8 Å². The topological polar surface area (TPSA) is 42.2 Å². The van der Waals surface area contributed by atoms with E-state index in [9.17, 15) is 4.79 Å². The van der Waals surface area contributed by atoms with Crippen LogP contribution >= 0.6 is 0 Å². The van der Waals surface area contributed by atoms with Gasteiger partial charge in [-0.3, -0.25) is 0 Å². The van der Waals surface area contributed by atoms with Crippen molar-refractivity contribution in [3.05, 3.63) is 24.0 Å². The van der Waals surface area contributed by atoms with Gasteiger partial charge in [-0.15, -0.1) is 0 Å². The predicted octanol–water partition coefficient (Wildman–Crippen LogP) is 2.79. The van der Waals surface area contributed by atoms with Gasteiger partial charge in [-0.05, 0) is 23.0 Å². The maximum Gasteiger partial charge on any atom is 0.352 e. The van der Waals surface area contributed by atoms with Crippen molar-refractivity contribution in [2.45, 2.75) is 33.7 Å². The lowest BCUT2D eigenvalue weighted by molar-refractivity contribution is 0.0684. The van der Waals surface area contributed by atoms with Gasteiger partial charge in [0.25, 0.3) is 0 Å². The molecular formula is C12H17NO2. The second kappa shape index (κ2) is 2.65. The van der Waals surface area contributed by atoms with Crippen LogP contribution in [0.2, 0.25) is 0 Å². The summed E-state index contributed by atoms with van der Waals surface area (Å²) in [6.07, 6.45) is 1.87. The molecule has 0 aromatic carbocycles. The molecule has 1 aliphatic carbocycles. The first kappa shape index (κ1) is 10.3. The molecule has 0 saturated heterocycles. The Kier molecular flexibility index (Phi) is 1.82. The Morgan fingerprint density at radius 3 is 2.27 bits per heavy atom. The first-order valence-corrected chi connectivity index (χ1v) is 5.20. The van der Waals surface area contributed by atoms with Crippen molar-refractivity contribution < 1.29 is 9.90 Å². The molecule has 1 aromatic rings. The molecule has 1 heterocycles. The maximum absolute atomic E-state index is 11.0. The van der Waals surface area contributed by atoms with Gasteiger partial charge in [0.2, 0.25) is 0 Å². The van der Waals surface area contributed by atoms with Crippen molar-refractivity contribution in [2.24, 2.45) is 10.8 Å². The molecule has 15 heavy (non-hydrogen) atoms. The predicted molar refractivity (Wildman–Crippen MR) is 58.0 cm³/mol. The van der Waals surface area contributed by atoms with Crippen LogP contribution in [0.15, 0.2) is 18.3 Å². The summed E-state index contributed by atoms with van der Waals surface area (Å²) in [5, 5.41) is 9.05. The van der Waals surface area contributed by atoms with Gasteiger partial charge in [0.1, 0.15) is 5.69 Å². The number of aromatic nitrogens is 1. The monoisotopic (exact) mass is 207 g/mol. The fourth-order valence-corrected chi connectivity index (χ4v) is 2.66. The summed E-state index contributed by atoms with van der Waals surface area (Å²) in [6.45, 7) is 8.74. The van der Waals surface area contributed by atoms with Gasteiger partial charge in [-0.2, -0.15) is 0 Å². The number of carboxylic acid groups (broad SMARTS) is 1. The Balaban J connectivity index is 2.42. The van der Waals surface area contributed by atoms with Crippen molar-refractivity contribution in [2.75, 3.05) is 0 Å². The lowest BCUT2D eigenvalue weighted by Crippen LogP contribution is -2.09. The van der Waals surface area contributed by atoms with Gasteiger partial charge in [-0.25, -0.2) is 4.79 Å². The Morgan fingerprint density at radius 1 is 1.33 bits per heavy atom. The summed E-state index contributed by atoms with van der Waals surface area (Å²) in [4.78, 5) is 11.0. The van der Waals surface area contributed by atoms with Gasteiger partial charge >= 0.3 is 5.97 Å². The fourth-order valence-electron chi connectivity index (χ4n) is 2.66. The molecule has 0 unspecified atom stereocenters. The minimum atomic E-state index is -0.849. The third kappa shape index (κ3) is 1.15. The molecule has 2 rings (SSSR count). The first-order valence-electron chi connectivity index (χ1n) is 5.20. The molecule has 0 amide bonds. The van der Waals surface area contributed by atoms with Crippen molar-refractivity contribution >= 4 is 5.97 Å². The first-order chi connectivity index (χ1) is 6.80. The number of carbonyl (C=O) groups is 1. The number of carboxylic acids is 1. The molecule has 1 N–H and O–H groups in total. The molecule has 82 valence electrons. The third-order valence-electron chi connectivity index (χ3n) is 4.22. The molecule has 0 aliphatic heterocycles. The number of nitrogens with zero attached hydrogens (tertiary/aromatic N) is 1. The van der Waals surface area contributed by atoms with Gasteiger partial charge in [0.15, 0.2) is 0 Å². The van der Waals surface area contributed by atoms with Gasteiger partial charge in [-0.1, -0.05) is 27.7 Å². The van der Waals surface area contributed by atoms with E-state index in [0.29, 0.717) is 5.69 Å². The van der Waals surface area contributed by atoms with Crippen LogP contribution in [-0.2, 0) is 0 Å². The van der Waals surface area contributed by atoms with E-state index >= 15 is 0 Å². The molecular weight excluding hydrogens is 190 g/mol. The van der Waals surface area contributed by atoms with E-state index in [2.05, 4.69) is 27.7 Å². The third-order valence-corrected chi connectivity index (χ3v) is 4.22. The Morgan fingerprint density at radius 2 is 1.87 bits per heavy atom. The highest BCUT2D eigenvalue weighted by atomic mass is 16.4. The Labute approximate surface area is 89.7 Å². The largest absolute Gasteiger partial charge is 0.477 e. The average Bonchev–Trinajstić information content (AvgIpc) is 2.51. The fraction of sp³-hybridized carbons (Fsp3) is 0.583. The summed E-state index contributed by atoms with van der Waals surface area (Å²) in [5.74, 6) is -0.849. The lowest BCUT2D eigenvalue weighted by atomic mass is 10.0. The molecule has 0 spiro atoms. The van der Waals surface area contributed by atoms with Crippen LogP contribution in [0.3, 0.4) is 0 Å². The minimum Gasteiger partial charge on any atom is -0.477 e. The molecule has 0 radical (unpaired) electrons. The van der Waals surface area contributed by atoms with Crippen LogP contribution in [0.4, 0.5) is 0 Å². The Hall–Kier alpha value is -1.25. The zero-order chi connectivity index (χ0) is 11.4. The van der Waals surface area contributed by atoms with E-state index < -0.39 is 5.97 Å². The van der Waals surface area contributed by atoms with E-state index in [1.165, 1.54) is 0 Å². The van der Waals surface area contributed by atoms with E-state index in [4.69, 9.17) is 5.11 Å². The van der Waals surface area contributed by atoms with Gasteiger partial charge < -0.3 is 9.67 Å². The van der Waals surface area contributed by atoms with E-state index in [1.54, 1.807) is 12.1 Å². The second-order valence-electron chi connectivity index (χ2n) is 5.45. The normalized spacial score (nSPS) is 22.7. The summed E-state index contributed by atoms with van der Waals surface area (Å²) in [6, 6.07) is 3.74. The smallest absolute Gasteiger partial charge is 0.352 e. The SMILES string of the molecule is CC1(C)C(n2cccc2C(=O)O)C1(C)C. The van der Waals surface area contributed by atoms with Crippen LogP contribution in [-0.4, -0.2) is 15.6 Å². The minimum absolute atomic E-state index is 0.163. The summed E-state index contributed by atoms with van der Waals surface area (Å²) in [7, 11) is 0. The van der Waals surface area contributed by atoms with Crippen molar-refractivity contribution in [1.29, 1.82) is 0 Å². The molecule has 1 aliphatic rings. The second-order valence-corrected chi connectivity index (χ2v) is 5.45. The quantitative estimate of drug-likeness (QED) is 0.810. The van der Waals surface area contributed by atoms with E-state index in [-0.39, 0.29) is 16.9 Å². The molecule has 3 heteroatoms. The number of aromatic carboxylic acids is 1. The van der Waals surface area contributed by atoms with Crippen molar-refractivity contribution in [3.63, 3.8) is 0 Å². The van der Waals surface area contributed by atoms with Gasteiger partial charge in [0, 0.05) is 12.2 Å². The van der Waals surface area contributed by atoms with Crippen LogP contribution in [0.1, 0.15) is 44.2 Å². The molecule has 1 aromatic heterocycles. The van der Waals surface area contributed by atoms with Gasteiger partial charge in [0.05, 0.1) is 0 Å². The van der Waals surface area contributed by atoms with Crippen LogP contribution in [0, 0.1) is 10.8 Å². The molecule has 0 bridgehead atoms. The van der Waals surface area contributed by atoms with Crippen LogP contribution in [0.25, 0.3) is 0 Å². The van der Waals surface area contributed by atoms with Crippen molar-refractivity contribution in [1.82, 2.24) is 4.57 Å². The lowest BCUT2D eigenvalue weighted by Gasteiger charge is -2.07. The highest BCUT2D eigenvalue weighted by Gasteiger charge is 2.66. The standard InChI is InChI=1S/C12H17NO2/c1-11(2)10(12(11,3)4)13-7-5-6-8(13)9(14)15/h5-7,10H,1-4H3,(H,14,15). The Bertz CT molecular complexity index is 401. The molecule has 1 saturated carbocycles. The summed E-state index contributed by atoms with van der Waals surface area (Å²) < 4.78 is 1.89. The van der Waals surface area contributed by atoms with E-state index in [0.717, 1.165) is 0 Å². The molecule has 3 nitrogen and oxygen atoms in total. The number of rotatable bonds is 2. The zero-order valence-corrected chi connectivity index (χ0v) is 9.61. The average molecular weight is 207 g/mol. The number of hydrogen-bond acceptors (Lipinski definition) is 1. The summed E-state index contributed by atoms with van der Waals surface area (Å²) in [5.41, 5.74) is 0.713. The zero-order valence-electron chi connectivity index (χ0n) is 9.61. The number of hydrogen-bond donors (Lipinski definition) is 1. The summed E-state index contributed by atoms with van der Waals surface area (Å²) >= 11 is 0. The molecule has 1 fully saturated rings. The highest BCUT2D eigenvalue weighted by molar-refractivity contribution is 5.86.